The van der Waals surface area contributed by atoms with Gasteiger partial charge in [0.25, 0.3) is 5.88 Å². The summed E-state index contributed by atoms with van der Waals surface area (Å²) in [5, 5.41) is 13.4. The third-order valence-corrected chi connectivity index (χ3v) is 2.95. The summed E-state index contributed by atoms with van der Waals surface area (Å²) in [6.07, 6.45) is 0. The standard InChI is InChI=1S/C12H8BrF2N3O3/c1-16-11-7(14)5-8(15)12(17-11)21-10-3-2-6(13)4-9(10)18(19)20/h2-5H,1H3,(H,16,17). The monoisotopic (exact) mass is 359 g/mol. The van der Waals surface area contributed by atoms with E-state index in [1.165, 1.54) is 25.2 Å². The van der Waals surface area contributed by atoms with Crippen LogP contribution in [0.1, 0.15) is 0 Å². The summed E-state index contributed by atoms with van der Waals surface area (Å²) in [6, 6.07) is 4.56. The van der Waals surface area contributed by atoms with E-state index in [4.69, 9.17) is 4.74 Å². The van der Waals surface area contributed by atoms with Gasteiger partial charge in [-0.25, -0.2) is 8.78 Å². The van der Waals surface area contributed by atoms with Gasteiger partial charge in [-0.2, -0.15) is 4.98 Å². The van der Waals surface area contributed by atoms with E-state index in [1.807, 2.05) is 0 Å². The quantitative estimate of drug-likeness (QED) is 0.662. The summed E-state index contributed by atoms with van der Waals surface area (Å²) in [6.45, 7) is 0. The molecule has 0 fully saturated rings. The van der Waals surface area contributed by atoms with Crippen LogP contribution in [0.15, 0.2) is 28.7 Å². The molecular weight excluding hydrogens is 352 g/mol. The van der Waals surface area contributed by atoms with Crippen LogP contribution in [0.4, 0.5) is 20.3 Å². The number of hydrogen-bond acceptors (Lipinski definition) is 5. The van der Waals surface area contributed by atoms with Gasteiger partial charge in [0.05, 0.1) is 4.92 Å². The van der Waals surface area contributed by atoms with E-state index in [0.717, 1.165) is 0 Å². The van der Waals surface area contributed by atoms with Gasteiger partial charge in [-0.15, -0.1) is 0 Å². The van der Waals surface area contributed by atoms with Gasteiger partial charge in [-0.05, 0) is 12.1 Å². The fraction of sp³-hybridized carbons (Fsp3) is 0.0833. The third kappa shape index (κ3) is 3.24. The average Bonchev–Trinajstić information content (AvgIpc) is 2.43. The lowest BCUT2D eigenvalue weighted by Gasteiger charge is -2.09. The van der Waals surface area contributed by atoms with E-state index in [-0.39, 0.29) is 17.3 Å². The van der Waals surface area contributed by atoms with Crippen molar-refractivity contribution >= 4 is 27.4 Å². The van der Waals surface area contributed by atoms with Gasteiger partial charge in [0.15, 0.2) is 17.5 Å². The Hall–Kier alpha value is -2.29. The lowest BCUT2D eigenvalue weighted by atomic mass is 10.3. The second-order valence-corrected chi connectivity index (χ2v) is 4.74. The molecule has 0 radical (unpaired) electrons. The molecule has 21 heavy (non-hydrogen) atoms. The number of nitrogens with one attached hydrogen (secondary N) is 1. The maximum atomic E-state index is 13.6. The Bertz CT molecular complexity index is 712. The van der Waals surface area contributed by atoms with Crippen LogP contribution in [-0.2, 0) is 0 Å². The minimum absolute atomic E-state index is 0.205. The molecule has 0 atom stereocenters. The van der Waals surface area contributed by atoms with E-state index < -0.39 is 22.4 Å². The zero-order valence-corrected chi connectivity index (χ0v) is 12.1. The Morgan fingerprint density at radius 1 is 1.33 bits per heavy atom. The summed E-state index contributed by atoms with van der Waals surface area (Å²) in [7, 11) is 1.40. The van der Waals surface area contributed by atoms with Crippen molar-refractivity contribution in [3.05, 3.63) is 50.5 Å². The van der Waals surface area contributed by atoms with Crippen LogP contribution >= 0.6 is 15.9 Å². The molecule has 6 nitrogen and oxygen atoms in total. The lowest BCUT2D eigenvalue weighted by Crippen LogP contribution is -2.02. The van der Waals surface area contributed by atoms with Crippen molar-refractivity contribution in [2.24, 2.45) is 0 Å². The molecule has 1 aromatic heterocycles. The Morgan fingerprint density at radius 3 is 2.67 bits per heavy atom. The summed E-state index contributed by atoms with van der Waals surface area (Å²) in [5.41, 5.74) is -0.374. The van der Waals surface area contributed by atoms with Crippen LogP contribution < -0.4 is 10.1 Å². The minimum atomic E-state index is -1.07. The molecule has 0 spiro atoms. The van der Waals surface area contributed by atoms with Gasteiger partial charge in [0, 0.05) is 23.7 Å². The first-order valence-electron chi connectivity index (χ1n) is 5.58. The summed E-state index contributed by atoms with van der Waals surface area (Å²) < 4.78 is 32.5. The highest BCUT2D eigenvalue weighted by molar-refractivity contribution is 9.10. The number of aromatic nitrogens is 1. The SMILES string of the molecule is CNc1nc(Oc2ccc(Br)cc2[N+](=O)[O-])c(F)cc1F. The van der Waals surface area contributed by atoms with Gasteiger partial charge >= 0.3 is 5.69 Å². The summed E-state index contributed by atoms with van der Waals surface area (Å²) >= 11 is 3.09. The number of rotatable bonds is 4. The molecule has 0 amide bonds. The van der Waals surface area contributed by atoms with E-state index in [1.54, 1.807) is 0 Å². The predicted molar refractivity (Wildman–Crippen MR) is 74.6 cm³/mol. The minimum Gasteiger partial charge on any atom is -0.429 e. The predicted octanol–water partition coefficient (Wildman–Crippen LogP) is 3.86. The molecule has 0 unspecified atom stereocenters. The van der Waals surface area contributed by atoms with Crippen LogP contribution in [0.5, 0.6) is 11.6 Å². The van der Waals surface area contributed by atoms with Gasteiger partial charge in [0.1, 0.15) is 0 Å². The average molecular weight is 360 g/mol. The van der Waals surface area contributed by atoms with Crippen molar-refractivity contribution in [1.82, 2.24) is 4.98 Å². The normalized spacial score (nSPS) is 10.3. The van der Waals surface area contributed by atoms with Gasteiger partial charge in [-0.3, -0.25) is 10.1 Å². The maximum Gasteiger partial charge on any atom is 0.312 e. The van der Waals surface area contributed by atoms with Crippen molar-refractivity contribution in [2.45, 2.75) is 0 Å². The second kappa shape index (κ2) is 6.00. The van der Waals surface area contributed by atoms with Crippen LogP contribution in [0.2, 0.25) is 0 Å². The molecule has 0 aliphatic carbocycles. The molecule has 110 valence electrons. The number of anilines is 1. The van der Waals surface area contributed by atoms with Crippen molar-refractivity contribution in [3.8, 4) is 11.6 Å². The van der Waals surface area contributed by atoms with E-state index in [9.17, 15) is 18.9 Å². The summed E-state index contributed by atoms with van der Waals surface area (Å²) in [5.74, 6) is -2.96. The first-order valence-corrected chi connectivity index (χ1v) is 6.37. The topological polar surface area (TPSA) is 77.3 Å². The van der Waals surface area contributed by atoms with Crippen LogP contribution in [0.3, 0.4) is 0 Å². The molecule has 0 bridgehead atoms. The number of nitro benzene ring substituents is 1. The zero-order chi connectivity index (χ0) is 15.6. The largest absolute Gasteiger partial charge is 0.429 e. The van der Waals surface area contributed by atoms with Crippen LogP contribution in [0, 0.1) is 21.7 Å². The van der Waals surface area contributed by atoms with Gasteiger partial charge in [0.2, 0.25) is 5.75 Å². The fourth-order valence-corrected chi connectivity index (χ4v) is 1.87. The smallest absolute Gasteiger partial charge is 0.312 e. The van der Waals surface area contributed by atoms with Crippen molar-refractivity contribution in [1.29, 1.82) is 0 Å². The number of ether oxygens (including phenoxy) is 1. The first-order chi connectivity index (χ1) is 9.92. The molecule has 1 aromatic carbocycles. The molecule has 0 saturated heterocycles. The van der Waals surface area contributed by atoms with E-state index in [2.05, 4.69) is 26.2 Å². The Morgan fingerprint density at radius 2 is 2.05 bits per heavy atom. The van der Waals surface area contributed by atoms with Crippen molar-refractivity contribution in [2.75, 3.05) is 12.4 Å². The molecular formula is C12H8BrF2N3O3. The van der Waals surface area contributed by atoms with Crippen LogP contribution in [0.25, 0.3) is 0 Å². The number of halogens is 3. The molecule has 0 saturated carbocycles. The van der Waals surface area contributed by atoms with Gasteiger partial charge in [-0.1, -0.05) is 15.9 Å². The number of benzene rings is 1. The highest BCUT2D eigenvalue weighted by Crippen LogP contribution is 2.34. The maximum absolute atomic E-state index is 13.6. The van der Waals surface area contributed by atoms with Crippen molar-refractivity contribution in [3.63, 3.8) is 0 Å². The van der Waals surface area contributed by atoms with Crippen molar-refractivity contribution < 1.29 is 18.4 Å². The zero-order valence-electron chi connectivity index (χ0n) is 10.6. The Kier molecular flexibility index (Phi) is 4.32. The number of nitrogens with zero attached hydrogens (tertiary/aromatic N) is 2. The fourth-order valence-electron chi connectivity index (χ4n) is 1.52. The molecule has 2 rings (SSSR count). The summed E-state index contributed by atoms with van der Waals surface area (Å²) in [4.78, 5) is 13.9. The number of pyridine rings is 1. The first kappa shape index (κ1) is 15.1. The lowest BCUT2D eigenvalue weighted by molar-refractivity contribution is -0.385. The Balaban J connectivity index is 2.45. The van der Waals surface area contributed by atoms with Gasteiger partial charge < -0.3 is 10.1 Å². The molecule has 9 heteroatoms. The molecule has 0 aliphatic rings. The van der Waals surface area contributed by atoms with Crippen LogP contribution in [-0.4, -0.2) is 17.0 Å². The molecule has 1 heterocycles. The molecule has 2 aromatic rings. The highest BCUT2D eigenvalue weighted by atomic mass is 79.9. The second-order valence-electron chi connectivity index (χ2n) is 3.83. The Labute approximate surface area is 126 Å². The number of hydrogen-bond donors (Lipinski definition) is 1. The van der Waals surface area contributed by atoms with E-state index in [0.29, 0.717) is 10.5 Å². The highest BCUT2D eigenvalue weighted by Gasteiger charge is 2.20. The third-order valence-electron chi connectivity index (χ3n) is 2.46. The number of nitro groups is 1. The van der Waals surface area contributed by atoms with E-state index >= 15 is 0 Å². The molecule has 0 aliphatic heterocycles. The molecule has 1 N–H and O–H groups in total.